The minimum absolute atomic E-state index is 0.0727. The van der Waals surface area contributed by atoms with Gasteiger partial charge in [0.2, 0.25) is 16.9 Å². The highest BCUT2D eigenvalue weighted by molar-refractivity contribution is 8.01. The Labute approximate surface area is 144 Å². The highest BCUT2D eigenvalue weighted by Gasteiger charge is 2.22. The van der Waals surface area contributed by atoms with Crippen molar-refractivity contribution in [2.24, 2.45) is 0 Å². The summed E-state index contributed by atoms with van der Waals surface area (Å²) in [6.07, 6.45) is 2.27. The molecule has 0 radical (unpaired) electrons. The van der Waals surface area contributed by atoms with E-state index < -0.39 is 16.4 Å². The molecule has 1 aromatic carbocycles. The molecule has 1 aliphatic carbocycles. The third-order valence-corrected chi connectivity index (χ3v) is 5.05. The Morgan fingerprint density at radius 3 is 2.96 bits per heavy atom. The van der Waals surface area contributed by atoms with Crippen LogP contribution in [0, 0.1) is 15.9 Å². The normalized spacial score (nSPS) is 13.5. The van der Waals surface area contributed by atoms with Gasteiger partial charge in [0, 0.05) is 17.8 Å². The summed E-state index contributed by atoms with van der Waals surface area (Å²) < 4.78 is 13.9. The molecule has 0 atom stereocenters. The van der Waals surface area contributed by atoms with Gasteiger partial charge in [0.1, 0.15) is 0 Å². The van der Waals surface area contributed by atoms with Crippen LogP contribution in [0.25, 0.3) is 0 Å². The van der Waals surface area contributed by atoms with Gasteiger partial charge in [-0.15, -0.1) is 10.2 Å². The maximum atomic E-state index is 13.2. The zero-order chi connectivity index (χ0) is 17.1. The minimum atomic E-state index is -0.947. The van der Waals surface area contributed by atoms with Gasteiger partial charge in [-0.25, -0.2) is 0 Å². The van der Waals surface area contributed by atoms with Crippen molar-refractivity contribution in [3.05, 3.63) is 34.1 Å². The summed E-state index contributed by atoms with van der Waals surface area (Å²) in [7, 11) is 0. The van der Waals surface area contributed by atoms with Crippen LogP contribution in [-0.2, 0) is 4.79 Å². The van der Waals surface area contributed by atoms with Crippen molar-refractivity contribution in [3.8, 4) is 0 Å². The lowest BCUT2D eigenvalue weighted by Gasteiger charge is -2.04. The van der Waals surface area contributed by atoms with Crippen LogP contribution in [0.3, 0.4) is 0 Å². The number of rotatable bonds is 7. The van der Waals surface area contributed by atoms with E-state index >= 15 is 0 Å². The molecule has 0 unspecified atom stereocenters. The molecule has 11 heteroatoms. The molecule has 0 aliphatic heterocycles. The number of benzene rings is 1. The number of anilines is 2. The van der Waals surface area contributed by atoms with Crippen molar-refractivity contribution in [2.45, 2.75) is 23.2 Å². The van der Waals surface area contributed by atoms with Crippen molar-refractivity contribution in [1.82, 2.24) is 10.2 Å². The summed E-state index contributed by atoms with van der Waals surface area (Å²) in [4.78, 5) is 21.7. The fourth-order valence-electron chi connectivity index (χ4n) is 1.78. The van der Waals surface area contributed by atoms with Gasteiger partial charge >= 0.3 is 5.69 Å². The average molecular weight is 369 g/mol. The Bertz CT molecular complexity index is 781. The van der Waals surface area contributed by atoms with Gasteiger partial charge in [-0.3, -0.25) is 14.9 Å². The van der Waals surface area contributed by atoms with Gasteiger partial charge in [-0.2, -0.15) is 4.39 Å². The van der Waals surface area contributed by atoms with Crippen LogP contribution in [0.5, 0.6) is 0 Å². The molecule has 0 spiro atoms. The van der Waals surface area contributed by atoms with E-state index in [4.69, 9.17) is 0 Å². The molecule has 1 heterocycles. The molecule has 1 amide bonds. The first-order valence-corrected chi connectivity index (χ1v) is 8.78. The lowest BCUT2D eigenvalue weighted by molar-refractivity contribution is -0.387. The first kappa shape index (κ1) is 16.6. The molecule has 126 valence electrons. The number of aromatic nitrogens is 2. The molecule has 0 bridgehead atoms. The van der Waals surface area contributed by atoms with E-state index in [-0.39, 0.29) is 17.3 Å². The third kappa shape index (κ3) is 4.38. The smallest absolute Gasteiger partial charge is 0.306 e. The van der Waals surface area contributed by atoms with Crippen molar-refractivity contribution < 1.29 is 14.1 Å². The van der Waals surface area contributed by atoms with E-state index in [1.807, 2.05) is 0 Å². The molecule has 3 rings (SSSR count). The van der Waals surface area contributed by atoms with Crippen molar-refractivity contribution in [3.63, 3.8) is 0 Å². The molecule has 1 aliphatic rings. The van der Waals surface area contributed by atoms with E-state index in [2.05, 4.69) is 20.8 Å². The Hall–Kier alpha value is -2.27. The SMILES string of the molecule is O=C(CSc1nnc(NC2CC2)s1)Nc1ccc(F)c([N+](=O)[O-])c1. The number of nitrogens with one attached hydrogen (secondary N) is 2. The minimum Gasteiger partial charge on any atom is -0.357 e. The Morgan fingerprint density at radius 1 is 1.46 bits per heavy atom. The topological polar surface area (TPSA) is 110 Å². The molecule has 8 nitrogen and oxygen atoms in total. The summed E-state index contributed by atoms with van der Waals surface area (Å²) in [6, 6.07) is 3.68. The summed E-state index contributed by atoms with van der Waals surface area (Å²) >= 11 is 2.58. The fraction of sp³-hybridized carbons (Fsp3) is 0.308. The molecular formula is C13H12FN5O3S2. The quantitative estimate of drug-likeness (QED) is 0.439. The number of halogens is 1. The number of nitro groups is 1. The standard InChI is InChI=1S/C13H12FN5O3S2/c14-9-4-3-8(5-10(9)19(21)22)15-11(20)6-23-13-18-17-12(24-13)16-7-1-2-7/h3-5,7H,1-2,6H2,(H,15,20)(H,16,17). The number of nitrogens with zero attached hydrogens (tertiary/aromatic N) is 3. The molecule has 1 saturated carbocycles. The molecule has 1 fully saturated rings. The van der Waals surface area contributed by atoms with Gasteiger partial charge in [0.05, 0.1) is 10.7 Å². The van der Waals surface area contributed by atoms with Gasteiger partial charge in [-0.05, 0) is 25.0 Å². The molecule has 2 N–H and O–H groups in total. The number of nitro benzene ring substituents is 1. The summed E-state index contributed by atoms with van der Waals surface area (Å²) in [5, 5.41) is 25.1. The van der Waals surface area contributed by atoms with E-state index in [0.717, 1.165) is 30.1 Å². The van der Waals surface area contributed by atoms with Gasteiger partial charge < -0.3 is 10.6 Å². The van der Waals surface area contributed by atoms with Crippen LogP contribution < -0.4 is 10.6 Å². The fourth-order valence-corrected chi connectivity index (χ4v) is 3.41. The van der Waals surface area contributed by atoms with Crippen LogP contribution in [0.1, 0.15) is 12.8 Å². The highest BCUT2D eigenvalue weighted by atomic mass is 32.2. The second-order valence-corrected chi connectivity index (χ2v) is 7.25. The summed E-state index contributed by atoms with van der Waals surface area (Å²) in [5.74, 6) is -1.24. The van der Waals surface area contributed by atoms with Crippen LogP contribution in [-0.4, -0.2) is 32.8 Å². The first-order chi connectivity index (χ1) is 11.5. The Morgan fingerprint density at radius 2 is 2.25 bits per heavy atom. The second kappa shape index (κ2) is 7.09. The Kier molecular flexibility index (Phi) is 4.90. The van der Waals surface area contributed by atoms with Crippen molar-refractivity contribution >= 4 is 45.5 Å². The van der Waals surface area contributed by atoms with Crippen LogP contribution >= 0.6 is 23.1 Å². The van der Waals surface area contributed by atoms with Crippen molar-refractivity contribution in [2.75, 3.05) is 16.4 Å². The molecule has 1 aromatic heterocycles. The maximum Gasteiger partial charge on any atom is 0.306 e. The highest BCUT2D eigenvalue weighted by Crippen LogP contribution is 2.30. The van der Waals surface area contributed by atoms with Crippen LogP contribution in [0.4, 0.5) is 20.9 Å². The number of carbonyl (C=O) groups is 1. The molecule has 0 saturated heterocycles. The zero-order valence-corrected chi connectivity index (χ0v) is 13.8. The zero-order valence-electron chi connectivity index (χ0n) is 12.2. The van der Waals surface area contributed by atoms with E-state index in [1.165, 1.54) is 29.2 Å². The summed E-state index contributed by atoms with van der Waals surface area (Å²) in [6.45, 7) is 0. The van der Waals surface area contributed by atoms with Crippen LogP contribution in [0.15, 0.2) is 22.5 Å². The van der Waals surface area contributed by atoms with E-state index in [9.17, 15) is 19.3 Å². The summed E-state index contributed by atoms with van der Waals surface area (Å²) in [5.41, 5.74) is -0.512. The maximum absolute atomic E-state index is 13.2. The number of hydrogen-bond donors (Lipinski definition) is 2. The lowest BCUT2D eigenvalue weighted by Crippen LogP contribution is -2.14. The third-order valence-electron chi connectivity index (χ3n) is 3.06. The van der Waals surface area contributed by atoms with Gasteiger partial charge in [-0.1, -0.05) is 23.1 Å². The molecule has 24 heavy (non-hydrogen) atoms. The number of thioether (sulfide) groups is 1. The van der Waals surface area contributed by atoms with E-state index in [0.29, 0.717) is 10.4 Å². The number of carbonyl (C=O) groups excluding carboxylic acids is 1. The first-order valence-electron chi connectivity index (χ1n) is 6.98. The number of amides is 1. The lowest BCUT2D eigenvalue weighted by atomic mass is 10.2. The van der Waals surface area contributed by atoms with Crippen molar-refractivity contribution in [1.29, 1.82) is 0 Å². The van der Waals surface area contributed by atoms with E-state index in [1.54, 1.807) is 0 Å². The predicted molar refractivity (Wildman–Crippen MR) is 89.0 cm³/mol. The van der Waals surface area contributed by atoms with Gasteiger partial charge in [0.15, 0.2) is 4.34 Å². The van der Waals surface area contributed by atoms with Gasteiger partial charge in [0.25, 0.3) is 0 Å². The largest absolute Gasteiger partial charge is 0.357 e. The Balaban J connectivity index is 1.52. The second-order valence-electron chi connectivity index (χ2n) is 5.05. The number of hydrogen-bond acceptors (Lipinski definition) is 8. The van der Waals surface area contributed by atoms with Crippen LogP contribution in [0.2, 0.25) is 0 Å². The monoisotopic (exact) mass is 369 g/mol. The molecular weight excluding hydrogens is 357 g/mol. The molecule has 2 aromatic rings. The average Bonchev–Trinajstić information content (AvgIpc) is 3.23. The predicted octanol–water partition coefficient (Wildman–Crippen LogP) is 2.89.